The largest absolute Gasteiger partial charge is 0.494 e. The summed E-state index contributed by atoms with van der Waals surface area (Å²) in [5, 5.41) is 14.1. The van der Waals surface area contributed by atoms with Crippen LogP contribution in [0.15, 0.2) is 85.5 Å². The second kappa shape index (κ2) is 27.6. The molecule has 2 atom stereocenters. The van der Waals surface area contributed by atoms with Crippen LogP contribution in [0.5, 0.6) is 11.5 Å². The van der Waals surface area contributed by atoms with E-state index in [4.69, 9.17) is 54.6 Å². The monoisotopic (exact) mass is 1090 g/mol. The van der Waals surface area contributed by atoms with Gasteiger partial charge in [0.1, 0.15) is 24.0 Å². The first kappa shape index (κ1) is 55.8. The number of carbonyl (C=O) groups is 2. The van der Waals surface area contributed by atoms with Crippen molar-refractivity contribution in [2.24, 2.45) is 17.4 Å². The predicted molar refractivity (Wildman–Crippen MR) is 308 cm³/mol. The minimum absolute atomic E-state index is 0.0333. The molecule has 0 radical (unpaired) electrons. The summed E-state index contributed by atoms with van der Waals surface area (Å²) in [5.41, 5.74) is 11.3. The number of imide groups is 1. The average molecular weight is 1090 g/mol. The number of hydrogen-bond donors (Lipinski definition) is 7. The zero-order chi connectivity index (χ0) is 55.0. The van der Waals surface area contributed by atoms with Gasteiger partial charge in [0.25, 0.3) is 11.8 Å². The Labute approximate surface area is 466 Å². The SMILES string of the molecule is NCCCOc1ccc(Nc2nc(NC3CCCCC3)c3ncn(C4CCCCO4)c3n2)cc1.NN.O=C1c2ccccc2C(=O)N1CCCOc1ccc(Nc2nc(NC3CCCCC3)c3ncn(C4CCCCO4)c3n2)cc1. The van der Waals surface area contributed by atoms with Crippen molar-refractivity contribution in [2.45, 2.75) is 140 Å². The lowest BCUT2D eigenvalue weighted by molar-refractivity contribution is -0.0299. The van der Waals surface area contributed by atoms with E-state index in [0.29, 0.717) is 73.6 Å². The number of carbonyl (C=O) groups excluding carboxylic acids is 2. The molecule has 5 aliphatic rings. The Kier molecular flexibility index (Phi) is 19.2. The van der Waals surface area contributed by atoms with Gasteiger partial charge < -0.3 is 45.9 Å². The highest BCUT2D eigenvalue weighted by atomic mass is 16.5. The van der Waals surface area contributed by atoms with Gasteiger partial charge >= 0.3 is 0 Å². The molecule has 0 bridgehead atoms. The lowest BCUT2D eigenvalue weighted by Gasteiger charge is -2.25. The molecule has 4 aromatic heterocycles. The molecule has 4 fully saturated rings. The third-order valence-electron chi connectivity index (χ3n) is 15.2. The minimum atomic E-state index is -0.243. The van der Waals surface area contributed by atoms with Gasteiger partial charge in [0, 0.05) is 43.2 Å². The van der Waals surface area contributed by atoms with E-state index in [1.165, 1.54) is 43.4 Å². The van der Waals surface area contributed by atoms with Crippen molar-refractivity contribution in [3.63, 3.8) is 0 Å². The lowest BCUT2D eigenvalue weighted by atomic mass is 9.95. The van der Waals surface area contributed by atoms with E-state index in [9.17, 15) is 9.59 Å². The number of fused-ring (bicyclic) bond motifs is 3. The van der Waals surface area contributed by atoms with Crippen LogP contribution in [0.25, 0.3) is 22.3 Å². The van der Waals surface area contributed by atoms with E-state index >= 15 is 0 Å². The van der Waals surface area contributed by atoms with Crippen LogP contribution in [0.3, 0.4) is 0 Å². The quantitative estimate of drug-likeness (QED) is 0.0172. The Morgan fingerprint density at radius 2 is 0.975 bits per heavy atom. The molecule has 3 aromatic carbocycles. The Morgan fingerprint density at radius 3 is 1.40 bits per heavy atom. The average Bonchev–Trinajstić information content (AvgIpc) is 4.23. The molecule has 7 heterocycles. The molecule has 22 heteroatoms. The van der Waals surface area contributed by atoms with Crippen LogP contribution in [0.4, 0.5) is 34.9 Å². The van der Waals surface area contributed by atoms with Gasteiger partial charge in [0.2, 0.25) is 11.9 Å². The van der Waals surface area contributed by atoms with Gasteiger partial charge in [-0.25, -0.2) is 9.97 Å². The van der Waals surface area contributed by atoms with Gasteiger partial charge in [-0.05, 0) is 144 Å². The van der Waals surface area contributed by atoms with Gasteiger partial charge in [-0.3, -0.25) is 35.3 Å². The van der Waals surface area contributed by atoms with Crippen LogP contribution < -0.4 is 48.2 Å². The molecular formula is C58H76N16O6. The van der Waals surface area contributed by atoms with E-state index in [1.54, 1.807) is 24.3 Å². The second-order valence-electron chi connectivity index (χ2n) is 20.8. The molecule has 2 saturated carbocycles. The van der Waals surface area contributed by atoms with Gasteiger partial charge in [-0.15, -0.1) is 0 Å². The number of aromatic nitrogens is 8. The van der Waals surface area contributed by atoms with E-state index < -0.39 is 0 Å². The molecule has 2 amide bonds. The summed E-state index contributed by atoms with van der Waals surface area (Å²) in [5.74, 6) is 11.6. The third kappa shape index (κ3) is 13.7. The molecule has 10 N–H and O–H groups in total. The Hall–Kier alpha value is -7.50. The number of anilines is 6. The van der Waals surface area contributed by atoms with Crippen molar-refractivity contribution in [1.29, 1.82) is 0 Å². The number of nitrogens with two attached hydrogens (primary N) is 3. The Morgan fingerprint density at radius 1 is 0.537 bits per heavy atom. The smallest absolute Gasteiger partial charge is 0.261 e. The van der Waals surface area contributed by atoms with Crippen molar-refractivity contribution in [3.8, 4) is 11.5 Å². The normalized spacial score (nSPS) is 18.7. The molecule has 80 heavy (non-hydrogen) atoms. The summed E-state index contributed by atoms with van der Waals surface area (Å²) in [6.45, 7) is 3.44. The molecule has 2 saturated heterocycles. The number of imidazole rings is 2. The van der Waals surface area contributed by atoms with E-state index in [1.807, 2.05) is 65.8 Å². The molecule has 424 valence electrons. The molecule has 7 aromatic rings. The second-order valence-corrected chi connectivity index (χ2v) is 20.8. The molecule has 2 aliphatic carbocycles. The van der Waals surface area contributed by atoms with Crippen molar-refractivity contribution in [3.05, 3.63) is 96.6 Å². The maximum Gasteiger partial charge on any atom is 0.261 e. The Bertz CT molecular complexity index is 3080. The first-order chi connectivity index (χ1) is 39.4. The van der Waals surface area contributed by atoms with Crippen LogP contribution >= 0.6 is 0 Å². The molecule has 2 unspecified atom stereocenters. The predicted octanol–water partition coefficient (Wildman–Crippen LogP) is 9.64. The zero-order valence-corrected chi connectivity index (χ0v) is 45.6. The van der Waals surface area contributed by atoms with Crippen LogP contribution in [0, 0.1) is 0 Å². The summed E-state index contributed by atoms with van der Waals surface area (Å²) >= 11 is 0. The Balaban J connectivity index is 0.000000180. The van der Waals surface area contributed by atoms with Gasteiger partial charge in [0.15, 0.2) is 34.0 Å². The standard InChI is InChI=1S/C33H37N7O4.C25H35N7O2.H4N2/c41-31-25-11-4-5-12-26(25)32(42)39(31)18-8-20-43-24-16-14-23(15-17-24)36-33-37-29(35-22-9-2-1-3-10-22)28-30(38-33)40(21-34-28)27-13-6-7-19-44-27;26-14-6-16-33-20-12-10-19(11-13-20)29-25-30-23(28-18-7-2-1-3-8-18)22-24(31-25)32(17-27-22)21-9-4-5-15-34-21;1-2/h4-5,11-12,14-17,21-22,27H,1-3,6-10,13,18-20H2,(H2,35,36,37,38);10-13,17-18,21H,1-9,14-16,26H2,(H2,28,29,30,31);1-2H2. The summed E-state index contributed by atoms with van der Waals surface area (Å²) in [6.07, 6.45) is 23.4. The summed E-state index contributed by atoms with van der Waals surface area (Å²) in [7, 11) is 0. The molecule has 12 rings (SSSR count). The first-order valence-electron chi connectivity index (χ1n) is 28.7. The number of hydrazine groups is 1. The van der Waals surface area contributed by atoms with Crippen molar-refractivity contribution in [1.82, 2.24) is 43.9 Å². The topological polar surface area (TPSA) is 288 Å². The van der Waals surface area contributed by atoms with Crippen LogP contribution in [-0.2, 0) is 9.47 Å². The van der Waals surface area contributed by atoms with Crippen molar-refractivity contribution in [2.75, 3.05) is 60.8 Å². The van der Waals surface area contributed by atoms with Gasteiger partial charge in [-0.2, -0.15) is 19.9 Å². The fourth-order valence-electron chi connectivity index (χ4n) is 11.0. The third-order valence-corrected chi connectivity index (χ3v) is 15.2. The molecule has 3 aliphatic heterocycles. The van der Waals surface area contributed by atoms with E-state index in [2.05, 4.69) is 37.5 Å². The maximum atomic E-state index is 12.6. The number of amides is 2. The van der Waals surface area contributed by atoms with Crippen LogP contribution in [-0.4, -0.2) is 107 Å². The van der Waals surface area contributed by atoms with E-state index in [-0.39, 0.29) is 24.3 Å². The number of nitrogens with one attached hydrogen (secondary N) is 4. The molecule has 0 spiro atoms. The highest BCUT2D eigenvalue weighted by molar-refractivity contribution is 6.21. The number of benzene rings is 3. The summed E-state index contributed by atoms with van der Waals surface area (Å²) in [6, 6.07) is 23.2. The van der Waals surface area contributed by atoms with Gasteiger partial charge in [-0.1, -0.05) is 50.7 Å². The minimum Gasteiger partial charge on any atom is -0.494 e. The zero-order valence-electron chi connectivity index (χ0n) is 45.6. The van der Waals surface area contributed by atoms with Crippen LogP contribution in [0.1, 0.15) is 149 Å². The van der Waals surface area contributed by atoms with Crippen LogP contribution in [0.2, 0.25) is 0 Å². The first-order valence-corrected chi connectivity index (χ1v) is 28.7. The summed E-state index contributed by atoms with van der Waals surface area (Å²) < 4.78 is 27.8. The fraction of sp³-hybridized carbons (Fsp3) is 0.483. The number of nitrogens with zero attached hydrogens (tertiary/aromatic N) is 9. The highest BCUT2D eigenvalue weighted by Gasteiger charge is 2.34. The fourth-order valence-corrected chi connectivity index (χ4v) is 11.0. The lowest BCUT2D eigenvalue weighted by Crippen LogP contribution is -2.31. The highest BCUT2D eigenvalue weighted by Crippen LogP contribution is 2.34. The van der Waals surface area contributed by atoms with Crippen molar-refractivity contribution < 1.29 is 28.5 Å². The number of ether oxygens (including phenoxy) is 4. The molecule has 22 nitrogen and oxygen atoms in total. The number of hydrogen-bond acceptors (Lipinski definition) is 19. The molecular weight excluding hydrogens is 1020 g/mol. The number of rotatable bonds is 19. The van der Waals surface area contributed by atoms with Gasteiger partial charge in [0.05, 0.1) is 37.0 Å². The maximum absolute atomic E-state index is 12.6. The summed E-state index contributed by atoms with van der Waals surface area (Å²) in [4.78, 5) is 55.3. The van der Waals surface area contributed by atoms with E-state index in [0.717, 1.165) is 135 Å². The van der Waals surface area contributed by atoms with Crippen molar-refractivity contribution >= 4 is 69.0 Å².